The van der Waals surface area contributed by atoms with Crippen molar-refractivity contribution >= 4 is 21.6 Å². The summed E-state index contributed by atoms with van der Waals surface area (Å²) in [5.41, 5.74) is 1.21. The van der Waals surface area contributed by atoms with Gasteiger partial charge in [0.25, 0.3) is 5.69 Å². The fourth-order valence-electron chi connectivity index (χ4n) is 2.18. The first kappa shape index (κ1) is 14.7. The summed E-state index contributed by atoms with van der Waals surface area (Å²) >= 11 is 3.55. The third-order valence-electron chi connectivity index (χ3n) is 2.94. The summed E-state index contributed by atoms with van der Waals surface area (Å²) in [6, 6.07) is 6.56. The Labute approximate surface area is 115 Å². The Kier molecular flexibility index (Phi) is 4.85. The lowest BCUT2D eigenvalue weighted by Crippen LogP contribution is -2.16. The summed E-state index contributed by atoms with van der Waals surface area (Å²) in [6.07, 6.45) is 0. The van der Waals surface area contributed by atoms with Gasteiger partial charge in [-0.1, -0.05) is 42.8 Å². The van der Waals surface area contributed by atoms with E-state index in [9.17, 15) is 10.1 Å². The average molecular weight is 311 g/mol. The number of benzene rings is 1. The van der Waals surface area contributed by atoms with Crippen LogP contribution in [-0.4, -0.2) is 9.75 Å². The molecule has 0 fully saturated rings. The Morgan fingerprint density at radius 2 is 2.00 bits per heavy atom. The molecular weight excluding hydrogens is 296 g/mol. The van der Waals surface area contributed by atoms with Crippen molar-refractivity contribution in [2.24, 2.45) is 5.92 Å². The number of hydrogen-bond acceptors (Lipinski definition) is 3. The van der Waals surface area contributed by atoms with Crippen molar-refractivity contribution in [3.63, 3.8) is 0 Å². The second kappa shape index (κ2) is 5.96. The van der Waals surface area contributed by atoms with Gasteiger partial charge in [-0.25, -0.2) is 0 Å². The zero-order chi connectivity index (χ0) is 13.9. The van der Waals surface area contributed by atoms with Crippen LogP contribution in [0.25, 0.3) is 0 Å². The van der Waals surface area contributed by atoms with Crippen molar-refractivity contribution in [2.75, 3.05) is 0 Å². The topological polar surface area (TPSA) is 66.9 Å². The third kappa shape index (κ3) is 3.08. The van der Waals surface area contributed by atoms with Gasteiger partial charge in [0.05, 0.1) is 16.6 Å². The highest BCUT2D eigenvalue weighted by molar-refractivity contribution is 9.09. The van der Waals surface area contributed by atoms with Gasteiger partial charge in [-0.3, -0.25) is 10.1 Å². The van der Waals surface area contributed by atoms with Gasteiger partial charge in [0.2, 0.25) is 0 Å². The molecule has 0 aliphatic heterocycles. The quantitative estimate of drug-likeness (QED) is 0.479. The van der Waals surface area contributed by atoms with Gasteiger partial charge < -0.3 is 0 Å². The molecule has 0 aromatic heterocycles. The lowest BCUT2D eigenvalue weighted by atomic mass is 9.84. The SMILES string of the molecule is CC(C)C(c1ccc([N+](=O)[O-])cc1C#N)C(C)Br. The summed E-state index contributed by atoms with van der Waals surface area (Å²) in [4.78, 5) is 10.4. The van der Waals surface area contributed by atoms with Crippen molar-refractivity contribution in [1.82, 2.24) is 0 Å². The molecule has 0 saturated heterocycles. The van der Waals surface area contributed by atoms with E-state index in [-0.39, 0.29) is 16.4 Å². The lowest BCUT2D eigenvalue weighted by molar-refractivity contribution is -0.384. The highest BCUT2D eigenvalue weighted by Gasteiger charge is 2.24. The Balaban J connectivity index is 3.32. The molecule has 0 aliphatic carbocycles. The number of non-ortho nitro benzene ring substituents is 1. The van der Waals surface area contributed by atoms with Gasteiger partial charge >= 0.3 is 0 Å². The van der Waals surface area contributed by atoms with Gasteiger partial charge in [0.1, 0.15) is 0 Å². The molecule has 0 amide bonds. The summed E-state index contributed by atoms with van der Waals surface area (Å²) in [7, 11) is 0. The smallest absolute Gasteiger partial charge is 0.258 e. The number of nitro groups is 1. The molecule has 0 N–H and O–H groups in total. The van der Waals surface area contributed by atoms with Crippen LogP contribution in [-0.2, 0) is 0 Å². The molecule has 0 aliphatic rings. The van der Waals surface area contributed by atoms with Crippen molar-refractivity contribution in [1.29, 1.82) is 5.26 Å². The zero-order valence-corrected chi connectivity index (χ0v) is 12.1. The molecular formula is C13H15BrN2O2. The van der Waals surface area contributed by atoms with Crippen LogP contribution < -0.4 is 0 Å². The monoisotopic (exact) mass is 310 g/mol. The molecule has 2 unspecified atom stereocenters. The van der Waals surface area contributed by atoms with Gasteiger partial charge in [0, 0.05) is 17.0 Å². The first-order chi connectivity index (χ1) is 8.38. The van der Waals surface area contributed by atoms with E-state index in [1.165, 1.54) is 12.1 Å². The molecule has 1 aromatic rings. The van der Waals surface area contributed by atoms with E-state index in [4.69, 9.17) is 5.26 Å². The highest BCUT2D eigenvalue weighted by Crippen LogP contribution is 2.35. The Bertz CT molecular complexity index is 484. The fourth-order valence-corrected chi connectivity index (χ4v) is 3.08. The van der Waals surface area contributed by atoms with Crippen molar-refractivity contribution in [3.8, 4) is 6.07 Å². The van der Waals surface area contributed by atoms with Gasteiger partial charge in [-0.2, -0.15) is 5.26 Å². The van der Waals surface area contributed by atoms with E-state index in [2.05, 4.69) is 35.8 Å². The Morgan fingerprint density at radius 3 is 2.39 bits per heavy atom. The first-order valence-electron chi connectivity index (χ1n) is 5.71. The largest absolute Gasteiger partial charge is 0.270 e. The van der Waals surface area contributed by atoms with Crippen LogP contribution in [0.1, 0.15) is 37.8 Å². The molecule has 0 saturated carbocycles. The van der Waals surface area contributed by atoms with E-state index in [0.717, 1.165) is 5.56 Å². The molecule has 18 heavy (non-hydrogen) atoms. The minimum Gasteiger partial charge on any atom is -0.258 e. The van der Waals surface area contributed by atoms with Crippen LogP contribution in [0.3, 0.4) is 0 Å². The van der Waals surface area contributed by atoms with Crippen molar-refractivity contribution < 1.29 is 4.92 Å². The summed E-state index contributed by atoms with van der Waals surface area (Å²) in [5, 5.41) is 19.9. The number of hydrogen-bond donors (Lipinski definition) is 0. The Hall–Kier alpha value is -1.41. The van der Waals surface area contributed by atoms with Gasteiger partial charge in [-0.05, 0) is 17.4 Å². The number of nitriles is 1. The van der Waals surface area contributed by atoms with Crippen molar-refractivity contribution in [3.05, 3.63) is 39.4 Å². The van der Waals surface area contributed by atoms with Crippen LogP contribution in [0.15, 0.2) is 18.2 Å². The molecule has 0 bridgehead atoms. The maximum absolute atomic E-state index is 10.7. The van der Waals surface area contributed by atoms with Crippen LogP contribution >= 0.6 is 15.9 Å². The number of alkyl halides is 1. The van der Waals surface area contributed by atoms with E-state index < -0.39 is 4.92 Å². The molecule has 4 nitrogen and oxygen atoms in total. The van der Waals surface area contributed by atoms with E-state index in [1.54, 1.807) is 6.07 Å². The van der Waals surface area contributed by atoms with E-state index in [0.29, 0.717) is 11.5 Å². The molecule has 5 heteroatoms. The van der Waals surface area contributed by atoms with E-state index in [1.807, 2.05) is 6.92 Å². The number of halogens is 1. The summed E-state index contributed by atoms with van der Waals surface area (Å²) in [6.45, 7) is 6.17. The predicted molar refractivity (Wildman–Crippen MR) is 73.8 cm³/mol. The molecule has 0 radical (unpaired) electrons. The number of rotatable bonds is 4. The van der Waals surface area contributed by atoms with Crippen LogP contribution in [0.4, 0.5) is 5.69 Å². The van der Waals surface area contributed by atoms with Gasteiger partial charge in [-0.15, -0.1) is 0 Å². The second-order valence-corrected chi connectivity index (χ2v) is 6.03. The van der Waals surface area contributed by atoms with E-state index >= 15 is 0 Å². The molecule has 2 atom stereocenters. The number of nitro benzene ring substituents is 1. The van der Waals surface area contributed by atoms with Gasteiger partial charge in [0.15, 0.2) is 0 Å². The normalized spacial score (nSPS) is 14.0. The molecule has 96 valence electrons. The molecule has 0 heterocycles. The van der Waals surface area contributed by atoms with Crippen LogP contribution in [0.2, 0.25) is 0 Å². The number of nitrogens with zero attached hydrogens (tertiary/aromatic N) is 2. The maximum Gasteiger partial charge on any atom is 0.270 e. The minimum absolute atomic E-state index is 0.0416. The van der Waals surface area contributed by atoms with Crippen molar-refractivity contribution in [2.45, 2.75) is 31.5 Å². The standard InChI is InChI=1S/C13H15BrN2O2/c1-8(2)13(9(3)14)12-5-4-11(16(17)18)6-10(12)7-15/h4-6,8-9,13H,1-3H3. The first-order valence-corrected chi connectivity index (χ1v) is 6.62. The van der Waals surface area contributed by atoms with Crippen LogP contribution in [0.5, 0.6) is 0 Å². The predicted octanol–water partition coefficient (Wildman–Crippen LogP) is 3.99. The second-order valence-electron chi connectivity index (χ2n) is 4.59. The molecule has 1 aromatic carbocycles. The summed E-state index contributed by atoms with van der Waals surface area (Å²) in [5.74, 6) is 0.494. The summed E-state index contributed by atoms with van der Waals surface area (Å²) < 4.78 is 0. The molecule has 0 spiro atoms. The molecule has 1 rings (SSSR count). The van der Waals surface area contributed by atoms with Crippen LogP contribution in [0, 0.1) is 27.4 Å². The zero-order valence-electron chi connectivity index (χ0n) is 10.6. The Morgan fingerprint density at radius 1 is 1.39 bits per heavy atom. The maximum atomic E-state index is 10.7. The minimum atomic E-state index is -0.480. The fraction of sp³-hybridized carbons (Fsp3) is 0.462. The average Bonchev–Trinajstić information content (AvgIpc) is 2.28. The lowest BCUT2D eigenvalue weighted by Gasteiger charge is -2.24. The third-order valence-corrected chi connectivity index (χ3v) is 3.51. The highest BCUT2D eigenvalue weighted by atomic mass is 79.9.